The quantitative estimate of drug-likeness (QED) is 0.802. The topological polar surface area (TPSA) is 38.8 Å². The lowest BCUT2D eigenvalue weighted by Gasteiger charge is -2.15. The van der Waals surface area contributed by atoms with Crippen LogP contribution in [0.1, 0.15) is 11.1 Å². The summed E-state index contributed by atoms with van der Waals surface area (Å²) in [5.41, 5.74) is 1.88. The molecule has 5 heteroatoms. The van der Waals surface area contributed by atoms with E-state index in [1.807, 2.05) is 36.4 Å². The first-order valence-corrected chi connectivity index (χ1v) is 7.57. The highest BCUT2D eigenvalue weighted by atomic mass is 35.5. The van der Waals surface area contributed by atoms with Gasteiger partial charge in [-0.3, -0.25) is 4.79 Å². The normalized spacial score (nSPS) is 12.6. The Morgan fingerprint density at radius 2 is 2.04 bits per heavy atom. The van der Waals surface area contributed by atoms with Gasteiger partial charge in [0, 0.05) is 24.7 Å². The number of rotatable bonds is 4. The molecule has 118 valence electrons. The van der Waals surface area contributed by atoms with Gasteiger partial charge in [-0.05, 0) is 41.5 Å². The smallest absolute Gasteiger partial charge is 0.246 e. The van der Waals surface area contributed by atoms with E-state index in [1.165, 1.54) is 0 Å². The van der Waals surface area contributed by atoms with Gasteiger partial charge in [0.2, 0.25) is 12.7 Å². The largest absolute Gasteiger partial charge is 0.454 e. The molecule has 2 aromatic carbocycles. The molecule has 1 aliphatic rings. The Kier molecular flexibility index (Phi) is 4.53. The zero-order valence-corrected chi connectivity index (χ0v) is 13.4. The molecule has 0 aromatic heterocycles. The SMILES string of the molecule is CN(Cc1ccc2c(c1)OCO2)C(=O)/C=C/c1cccc(Cl)c1. The number of carbonyl (C=O) groups is 1. The molecule has 0 saturated heterocycles. The van der Waals surface area contributed by atoms with Gasteiger partial charge in [-0.1, -0.05) is 29.8 Å². The van der Waals surface area contributed by atoms with Crippen LogP contribution in [0.2, 0.25) is 5.02 Å². The molecular weight excluding hydrogens is 314 g/mol. The van der Waals surface area contributed by atoms with Crippen LogP contribution < -0.4 is 9.47 Å². The van der Waals surface area contributed by atoms with Gasteiger partial charge in [0.05, 0.1) is 0 Å². The second-order valence-electron chi connectivity index (χ2n) is 5.27. The molecule has 1 amide bonds. The first-order chi connectivity index (χ1) is 11.1. The number of amides is 1. The van der Waals surface area contributed by atoms with Crippen molar-refractivity contribution in [2.45, 2.75) is 6.54 Å². The summed E-state index contributed by atoms with van der Waals surface area (Å²) < 4.78 is 10.6. The van der Waals surface area contributed by atoms with Gasteiger partial charge in [-0.2, -0.15) is 0 Å². The van der Waals surface area contributed by atoms with Crippen LogP contribution in [-0.2, 0) is 11.3 Å². The molecule has 0 radical (unpaired) electrons. The highest BCUT2D eigenvalue weighted by molar-refractivity contribution is 6.30. The van der Waals surface area contributed by atoms with Crippen molar-refractivity contribution in [3.63, 3.8) is 0 Å². The van der Waals surface area contributed by atoms with E-state index in [2.05, 4.69) is 0 Å². The Bertz CT molecular complexity index is 758. The highest BCUT2D eigenvalue weighted by Crippen LogP contribution is 2.32. The third-order valence-electron chi connectivity index (χ3n) is 3.50. The van der Waals surface area contributed by atoms with Crippen molar-refractivity contribution in [3.05, 3.63) is 64.7 Å². The Morgan fingerprint density at radius 1 is 1.22 bits per heavy atom. The summed E-state index contributed by atoms with van der Waals surface area (Å²) in [6.07, 6.45) is 3.29. The monoisotopic (exact) mass is 329 g/mol. The molecule has 3 rings (SSSR count). The maximum Gasteiger partial charge on any atom is 0.246 e. The number of nitrogens with zero attached hydrogens (tertiary/aromatic N) is 1. The lowest BCUT2D eigenvalue weighted by molar-refractivity contribution is -0.125. The molecule has 0 N–H and O–H groups in total. The summed E-state index contributed by atoms with van der Waals surface area (Å²) in [7, 11) is 1.76. The summed E-state index contributed by atoms with van der Waals surface area (Å²) >= 11 is 5.93. The van der Waals surface area contributed by atoms with E-state index in [1.54, 1.807) is 30.2 Å². The summed E-state index contributed by atoms with van der Waals surface area (Å²) in [5, 5.41) is 0.647. The van der Waals surface area contributed by atoms with E-state index in [0.29, 0.717) is 11.6 Å². The van der Waals surface area contributed by atoms with Crippen LogP contribution in [0, 0.1) is 0 Å². The van der Waals surface area contributed by atoms with Gasteiger partial charge in [0.25, 0.3) is 0 Å². The average molecular weight is 330 g/mol. The maximum absolute atomic E-state index is 12.2. The minimum absolute atomic E-state index is 0.0809. The summed E-state index contributed by atoms with van der Waals surface area (Å²) in [5.74, 6) is 1.38. The van der Waals surface area contributed by atoms with E-state index >= 15 is 0 Å². The van der Waals surface area contributed by atoms with Crippen LogP contribution >= 0.6 is 11.6 Å². The summed E-state index contributed by atoms with van der Waals surface area (Å²) in [6, 6.07) is 13.0. The second-order valence-corrected chi connectivity index (χ2v) is 5.71. The third kappa shape index (κ3) is 3.85. The van der Waals surface area contributed by atoms with E-state index in [4.69, 9.17) is 21.1 Å². The van der Waals surface area contributed by atoms with Gasteiger partial charge >= 0.3 is 0 Å². The van der Waals surface area contributed by atoms with E-state index in [9.17, 15) is 4.79 Å². The van der Waals surface area contributed by atoms with Crippen LogP contribution in [0.15, 0.2) is 48.5 Å². The Labute approximate surface area is 139 Å². The molecule has 0 atom stereocenters. The number of carbonyl (C=O) groups excluding carboxylic acids is 1. The molecule has 0 unspecified atom stereocenters. The number of hydrogen-bond donors (Lipinski definition) is 0. The fourth-order valence-electron chi connectivity index (χ4n) is 2.30. The molecule has 1 heterocycles. The number of halogens is 1. The third-order valence-corrected chi connectivity index (χ3v) is 3.74. The Morgan fingerprint density at radius 3 is 2.87 bits per heavy atom. The predicted octanol–water partition coefficient (Wildman–Crippen LogP) is 3.74. The van der Waals surface area contributed by atoms with Gasteiger partial charge in [0.15, 0.2) is 11.5 Å². The lowest BCUT2D eigenvalue weighted by atomic mass is 10.2. The lowest BCUT2D eigenvalue weighted by Crippen LogP contribution is -2.24. The van der Waals surface area contributed by atoms with Crippen molar-refractivity contribution in [1.29, 1.82) is 0 Å². The fraction of sp³-hybridized carbons (Fsp3) is 0.167. The van der Waals surface area contributed by atoms with Gasteiger partial charge in [-0.25, -0.2) is 0 Å². The standard InChI is InChI=1S/C18H16ClNO3/c1-20(11-14-5-7-16-17(10-14)23-12-22-16)18(21)8-6-13-3-2-4-15(19)9-13/h2-10H,11-12H2,1H3/b8-6+. The van der Waals surface area contributed by atoms with Crippen LogP contribution in [0.3, 0.4) is 0 Å². The zero-order valence-electron chi connectivity index (χ0n) is 12.7. The number of hydrogen-bond acceptors (Lipinski definition) is 3. The van der Waals surface area contributed by atoms with Crippen molar-refractivity contribution in [2.75, 3.05) is 13.8 Å². The number of likely N-dealkylation sites (N-methyl/N-ethyl adjacent to an activating group) is 1. The summed E-state index contributed by atoms with van der Waals surface area (Å²) in [4.78, 5) is 13.8. The second kappa shape index (κ2) is 6.75. The van der Waals surface area contributed by atoms with Crippen molar-refractivity contribution in [1.82, 2.24) is 4.90 Å². The minimum Gasteiger partial charge on any atom is -0.454 e. The van der Waals surface area contributed by atoms with Crippen molar-refractivity contribution >= 4 is 23.6 Å². The maximum atomic E-state index is 12.2. The molecule has 23 heavy (non-hydrogen) atoms. The predicted molar refractivity (Wildman–Crippen MR) is 89.5 cm³/mol. The average Bonchev–Trinajstić information content (AvgIpc) is 3.00. The minimum atomic E-state index is -0.0809. The molecule has 4 nitrogen and oxygen atoms in total. The Hall–Kier alpha value is -2.46. The molecule has 0 saturated carbocycles. The fourth-order valence-corrected chi connectivity index (χ4v) is 2.49. The first-order valence-electron chi connectivity index (χ1n) is 7.19. The molecule has 1 aliphatic heterocycles. The zero-order chi connectivity index (χ0) is 16.2. The van der Waals surface area contributed by atoms with Gasteiger partial charge < -0.3 is 14.4 Å². The van der Waals surface area contributed by atoms with Crippen LogP contribution in [-0.4, -0.2) is 24.6 Å². The first kappa shape index (κ1) is 15.4. The molecule has 0 bridgehead atoms. The highest BCUT2D eigenvalue weighted by Gasteiger charge is 2.14. The van der Waals surface area contributed by atoms with Crippen LogP contribution in [0.25, 0.3) is 6.08 Å². The molecular formula is C18H16ClNO3. The van der Waals surface area contributed by atoms with Crippen LogP contribution in [0.5, 0.6) is 11.5 Å². The van der Waals surface area contributed by atoms with Gasteiger partial charge in [0.1, 0.15) is 0 Å². The van der Waals surface area contributed by atoms with E-state index in [-0.39, 0.29) is 12.7 Å². The summed E-state index contributed by atoms with van der Waals surface area (Å²) in [6.45, 7) is 0.741. The molecule has 2 aromatic rings. The van der Waals surface area contributed by atoms with Crippen molar-refractivity contribution in [2.24, 2.45) is 0 Å². The molecule has 0 spiro atoms. The van der Waals surface area contributed by atoms with E-state index < -0.39 is 0 Å². The number of benzene rings is 2. The Balaban J connectivity index is 1.63. The number of ether oxygens (including phenoxy) is 2. The van der Waals surface area contributed by atoms with E-state index in [0.717, 1.165) is 22.6 Å². The van der Waals surface area contributed by atoms with Crippen molar-refractivity contribution < 1.29 is 14.3 Å². The van der Waals surface area contributed by atoms with Crippen LogP contribution in [0.4, 0.5) is 0 Å². The molecule has 0 aliphatic carbocycles. The van der Waals surface area contributed by atoms with Crippen molar-refractivity contribution in [3.8, 4) is 11.5 Å². The van der Waals surface area contributed by atoms with Gasteiger partial charge in [-0.15, -0.1) is 0 Å². The number of fused-ring (bicyclic) bond motifs is 1. The molecule has 0 fully saturated rings.